The Hall–Kier alpha value is -0.610. The molecule has 116 valence electrons. The zero-order valence-corrected chi connectivity index (χ0v) is 13.4. The Morgan fingerprint density at radius 3 is 2.30 bits per heavy atom. The first-order chi connectivity index (χ1) is 9.28. The van der Waals surface area contributed by atoms with Crippen LogP contribution >= 0.6 is 0 Å². The predicted octanol–water partition coefficient (Wildman–Crippen LogP) is 2.03. The first kappa shape index (κ1) is 15.8. The standard InChI is InChI=1S/C16H31N3O/c1-15(2,3)19-10-6-13(7-11-19)18-14(20)12-16(17)8-4-5-9-16/h13H,4-12,17H2,1-3H3,(H,18,20). The van der Waals surface area contributed by atoms with Crippen molar-refractivity contribution < 1.29 is 4.79 Å². The Morgan fingerprint density at radius 2 is 1.80 bits per heavy atom. The lowest BCUT2D eigenvalue weighted by Gasteiger charge is -2.41. The Balaban J connectivity index is 1.74. The summed E-state index contributed by atoms with van der Waals surface area (Å²) < 4.78 is 0. The molecule has 0 unspecified atom stereocenters. The number of nitrogens with two attached hydrogens (primary N) is 1. The van der Waals surface area contributed by atoms with Crippen LogP contribution in [0.5, 0.6) is 0 Å². The van der Waals surface area contributed by atoms with Gasteiger partial charge in [0.2, 0.25) is 5.91 Å². The van der Waals surface area contributed by atoms with Crippen LogP contribution < -0.4 is 11.1 Å². The maximum absolute atomic E-state index is 12.1. The van der Waals surface area contributed by atoms with Crippen molar-refractivity contribution in [3.8, 4) is 0 Å². The molecule has 0 aromatic rings. The molecular formula is C16H31N3O. The second kappa shape index (κ2) is 6.02. The second-order valence-corrected chi connectivity index (χ2v) is 7.75. The number of carbonyl (C=O) groups excluding carboxylic acids is 1. The fourth-order valence-corrected chi connectivity index (χ4v) is 3.55. The highest BCUT2D eigenvalue weighted by Gasteiger charge is 2.33. The second-order valence-electron chi connectivity index (χ2n) is 7.75. The van der Waals surface area contributed by atoms with E-state index >= 15 is 0 Å². The molecular weight excluding hydrogens is 250 g/mol. The van der Waals surface area contributed by atoms with E-state index in [0.717, 1.165) is 38.8 Å². The van der Waals surface area contributed by atoms with Crippen molar-refractivity contribution in [2.75, 3.05) is 13.1 Å². The number of hydrogen-bond donors (Lipinski definition) is 2. The van der Waals surface area contributed by atoms with Crippen LogP contribution in [0.2, 0.25) is 0 Å². The number of rotatable bonds is 3. The van der Waals surface area contributed by atoms with Gasteiger partial charge >= 0.3 is 0 Å². The van der Waals surface area contributed by atoms with Crippen LogP contribution in [0.1, 0.15) is 65.7 Å². The first-order valence-electron chi connectivity index (χ1n) is 8.12. The molecule has 1 amide bonds. The molecule has 2 fully saturated rings. The van der Waals surface area contributed by atoms with E-state index in [0.29, 0.717) is 12.5 Å². The van der Waals surface area contributed by atoms with Crippen LogP contribution in [0, 0.1) is 0 Å². The fourth-order valence-electron chi connectivity index (χ4n) is 3.55. The minimum Gasteiger partial charge on any atom is -0.353 e. The number of nitrogens with one attached hydrogen (secondary N) is 1. The third kappa shape index (κ3) is 4.19. The van der Waals surface area contributed by atoms with Crippen molar-refractivity contribution in [2.45, 2.75) is 82.8 Å². The summed E-state index contributed by atoms with van der Waals surface area (Å²) in [5.41, 5.74) is 6.29. The normalized spacial score (nSPS) is 24.8. The SMILES string of the molecule is CC(C)(C)N1CCC(NC(=O)CC2(N)CCCC2)CC1. The molecule has 2 aliphatic rings. The highest BCUT2D eigenvalue weighted by atomic mass is 16.1. The molecule has 3 N–H and O–H groups in total. The molecule has 0 spiro atoms. The number of piperidine rings is 1. The van der Waals surface area contributed by atoms with Crippen molar-refractivity contribution >= 4 is 5.91 Å². The van der Waals surface area contributed by atoms with Gasteiger partial charge in [-0.05, 0) is 46.5 Å². The largest absolute Gasteiger partial charge is 0.353 e. The van der Waals surface area contributed by atoms with E-state index in [1.165, 1.54) is 12.8 Å². The summed E-state index contributed by atoms with van der Waals surface area (Å²) in [6.07, 6.45) is 6.97. The molecule has 1 aliphatic heterocycles. The Labute approximate surface area is 123 Å². The molecule has 1 saturated carbocycles. The molecule has 2 rings (SSSR count). The predicted molar refractivity (Wildman–Crippen MR) is 82.5 cm³/mol. The van der Waals surface area contributed by atoms with Crippen LogP contribution in [0.25, 0.3) is 0 Å². The van der Waals surface area contributed by atoms with Gasteiger partial charge in [-0.1, -0.05) is 12.8 Å². The molecule has 0 aromatic carbocycles. The van der Waals surface area contributed by atoms with E-state index in [4.69, 9.17) is 5.73 Å². The number of likely N-dealkylation sites (tertiary alicyclic amines) is 1. The zero-order chi connectivity index (χ0) is 14.8. The van der Waals surface area contributed by atoms with Gasteiger partial charge in [0.05, 0.1) is 0 Å². The average molecular weight is 281 g/mol. The van der Waals surface area contributed by atoms with Gasteiger partial charge in [0.15, 0.2) is 0 Å². The molecule has 0 aromatic heterocycles. The number of hydrogen-bond acceptors (Lipinski definition) is 3. The van der Waals surface area contributed by atoms with E-state index < -0.39 is 0 Å². The van der Waals surface area contributed by atoms with Crippen LogP contribution in [0.15, 0.2) is 0 Å². The third-order valence-corrected chi connectivity index (χ3v) is 4.92. The van der Waals surface area contributed by atoms with E-state index in [2.05, 4.69) is 31.0 Å². The summed E-state index contributed by atoms with van der Waals surface area (Å²) in [6.45, 7) is 8.91. The average Bonchev–Trinajstić information content (AvgIpc) is 2.74. The molecule has 1 heterocycles. The number of carbonyl (C=O) groups is 1. The van der Waals surface area contributed by atoms with Crippen LogP contribution in [0.3, 0.4) is 0 Å². The number of nitrogens with zero attached hydrogens (tertiary/aromatic N) is 1. The van der Waals surface area contributed by atoms with E-state index in [1.54, 1.807) is 0 Å². The molecule has 0 atom stereocenters. The summed E-state index contributed by atoms with van der Waals surface area (Å²) in [4.78, 5) is 14.6. The van der Waals surface area contributed by atoms with Crippen molar-refractivity contribution in [3.05, 3.63) is 0 Å². The summed E-state index contributed by atoms with van der Waals surface area (Å²) >= 11 is 0. The minimum absolute atomic E-state index is 0.156. The van der Waals surface area contributed by atoms with Gasteiger partial charge in [-0.2, -0.15) is 0 Å². The van der Waals surface area contributed by atoms with Gasteiger partial charge in [0, 0.05) is 36.6 Å². The molecule has 4 nitrogen and oxygen atoms in total. The van der Waals surface area contributed by atoms with Crippen LogP contribution in [-0.2, 0) is 4.79 Å². The van der Waals surface area contributed by atoms with Crippen molar-refractivity contribution in [1.29, 1.82) is 0 Å². The fraction of sp³-hybridized carbons (Fsp3) is 0.938. The van der Waals surface area contributed by atoms with Gasteiger partial charge in [0.1, 0.15) is 0 Å². The van der Waals surface area contributed by atoms with E-state index in [1.807, 2.05) is 0 Å². The molecule has 0 bridgehead atoms. The molecule has 20 heavy (non-hydrogen) atoms. The topological polar surface area (TPSA) is 58.4 Å². The smallest absolute Gasteiger partial charge is 0.222 e. The lowest BCUT2D eigenvalue weighted by atomic mass is 9.93. The summed E-state index contributed by atoms with van der Waals surface area (Å²) in [7, 11) is 0. The number of amides is 1. The summed E-state index contributed by atoms with van der Waals surface area (Å²) in [5.74, 6) is 0.156. The Bertz CT molecular complexity index is 334. The van der Waals surface area contributed by atoms with Gasteiger partial charge in [0.25, 0.3) is 0 Å². The molecule has 1 aliphatic carbocycles. The van der Waals surface area contributed by atoms with E-state index in [-0.39, 0.29) is 17.0 Å². The molecule has 1 saturated heterocycles. The monoisotopic (exact) mass is 281 g/mol. The molecule has 0 radical (unpaired) electrons. The maximum atomic E-state index is 12.1. The van der Waals surface area contributed by atoms with Gasteiger partial charge in [-0.15, -0.1) is 0 Å². The van der Waals surface area contributed by atoms with Crippen LogP contribution in [-0.4, -0.2) is 41.0 Å². The van der Waals surface area contributed by atoms with Gasteiger partial charge in [-0.3, -0.25) is 9.69 Å². The van der Waals surface area contributed by atoms with Crippen molar-refractivity contribution in [2.24, 2.45) is 5.73 Å². The summed E-state index contributed by atoms with van der Waals surface area (Å²) in [6, 6.07) is 0.339. The van der Waals surface area contributed by atoms with E-state index in [9.17, 15) is 4.79 Å². The summed E-state index contributed by atoms with van der Waals surface area (Å²) in [5, 5.41) is 3.20. The third-order valence-electron chi connectivity index (χ3n) is 4.92. The van der Waals surface area contributed by atoms with Gasteiger partial charge < -0.3 is 11.1 Å². The highest BCUT2D eigenvalue weighted by molar-refractivity contribution is 5.77. The Kier molecular flexibility index (Phi) is 4.75. The maximum Gasteiger partial charge on any atom is 0.222 e. The minimum atomic E-state index is -0.226. The highest BCUT2D eigenvalue weighted by Crippen LogP contribution is 2.30. The van der Waals surface area contributed by atoms with Gasteiger partial charge in [-0.25, -0.2) is 0 Å². The van der Waals surface area contributed by atoms with Crippen molar-refractivity contribution in [3.63, 3.8) is 0 Å². The molecule has 4 heteroatoms. The first-order valence-corrected chi connectivity index (χ1v) is 8.12. The Morgan fingerprint density at radius 1 is 1.25 bits per heavy atom. The van der Waals surface area contributed by atoms with Crippen LogP contribution in [0.4, 0.5) is 0 Å². The zero-order valence-electron chi connectivity index (χ0n) is 13.4. The lowest BCUT2D eigenvalue weighted by Crippen LogP contribution is -2.52. The quantitative estimate of drug-likeness (QED) is 0.832. The van der Waals surface area contributed by atoms with Crippen molar-refractivity contribution in [1.82, 2.24) is 10.2 Å². The lowest BCUT2D eigenvalue weighted by molar-refractivity contribution is -0.123.